The SMILES string of the molecule is CCOc1ccc(CNC(=O)[C@H](C)N(c2cc(Cl)ccc2Cl)S(C)(=O)=O)cc1. The van der Waals surface area contributed by atoms with Crippen LogP contribution < -0.4 is 14.4 Å². The Bertz CT molecular complexity index is 933. The summed E-state index contributed by atoms with van der Waals surface area (Å²) >= 11 is 12.1. The quantitative estimate of drug-likeness (QED) is 0.670. The molecule has 0 aromatic heterocycles. The zero-order chi connectivity index (χ0) is 20.9. The van der Waals surface area contributed by atoms with Crippen molar-refractivity contribution in [1.82, 2.24) is 5.32 Å². The number of nitrogens with zero attached hydrogens (tertiary/aromatic N) is 1. The van der Waals surface area contributed by atoms with E-state index in [0.717, 1.165) is 21.9 Å². The fraction of sp³-hybridized carbons (Fsp3) is 0.316. The van der Waals surface area contributed by atoms with E-state index in [2.05, 4.69) is 5.32 Å². The molecule has 2 rings (SSSR count). The highest BCUT2D eigenvalue weighted by atomic mass is 35.5. The molecule has 0 aliphatic rings. The van der Waals surface area contributed by atoms with E-state index in [4.69, 9.17) is 27.9 Å². The van der Waals surface area contributed by atoms with Crippen molar-refractivity contribution in [2.75, 3.05) is 17.2 Å². The summed E-state index contributed by atoms with van der Waals surface area (Å²) in [6.07, 6.45) is 1.01. The van der Waals surface area contributed by atoms with E-state index in [0.29, 0.717) is 11.6 Å². The largest absolute Gasteiger partial charge is 0.494 e. The van der Waals surface area contributed by atoms with Crippen molar-refractivity contribution < 1.29 is 17.9 Å². The second-order valence-electron chi connectivity index (χ2n) is 6.13. The molecule has 1 atom stereocenters. The lowest BCUT2D eigenvalue weighted by Crippen LogP contribution is -2.47. The highest BCUT2D eigenvalue weighted by Crippen LogP contribution is 2.32. The number of carbonyl (C=O) groups excluding carboxylic acids is 1. The van der Waals surface area contributed by atoms with Gasteiger partial charge in [-0.3, -0.25) is 9.10 Å². The summed E-state index contributed by atoms with van der Waals surface area (Å²) < 4.78 is 31.0. The van der Waals surface area contributed by atoms with E-state index in [1.54, 1.807) is 6.07 Å². The van der Waals surface area contributed by atoms with Gasteiger partial charge in [0.1, 0.15) is 11.8 Å². The molecule has 1 N–H and O–H groups in total. The Morgan fingerprint density at radius 3 is 2.39 bits per heavy atom. The van der Waals surface area contributed by atoms with E-state index < -0.39 is 22.0 Å². The number of halogens is 2. The van der Waals surface area contributed by atoms with E-state index in [-0.39, 0.29) is 17.3 Å². The molecule has 0 aliphatic heterocycles. The third kappa shape index (κ3) is 5.77. The molecule has 0 fully saturated rings. The molecule has 0 aliphatic carbocycles. The minimum atomic E-state index is -3.78. The van der Waals surface area contributed by atoms with E-state index in [1.165, 1.54) is 19.1 Å². The highest BCUT2D eigenvalue weighted by Gasteiger charge is 2.30. The second-order valence-corrected chi connectivity index (χ2v) is 8.83. The van der Waals surface area contributed by atoms with Crippen molar-refractivity contribution in [2.24, 2.45) is 0 Å². The van der Waals surface area contributed by atoms with Crippen LogP contribution in [0.5, 0.6) is 5.75 Å². The average molecular weight is 445 g/mol. The van der Waals surface area contributed by atoms with Crippen LogP contribution in [0, 0.1) is 0 Å². The molecule has 1 amide bonds. The van der Waals surface area contributed by atoms with Crippen molar-refractivity contribution in [3.8, 4) is 5.75 Å². The first-order chi connectivity index (χ1) is 13.1. The predicted molar refractivity (Wildman–Crippen MR) is 113 cm³/mol. The molecule has 0 radical (unpaired) electrons. The van der Waals surface area contributed by atoms with Crippen LogP contribution in [0.2, 0.25) is 10.0 Å². The fourth-order valence-corrected chi connectivity index (χ4v) is 4.25. The minimum Gasteiger partial charge on any atom is -0.494 e. The van der Waals surface area contributed by atoms with Gasteiger partial charge < -0.3 is 10.1 Å². The number of ether oxygens (including phenoxy) is 1. The molecule has 0 saturated carbocycles. The second kappa shape index (κ2) is 9.49. The lowest BCUT2D eigenvalue weighted by molar-refractivity contribution is -0.122. The van der Waals surface area contributed by atoms with E-state index >= 15 is 0 Å². The van der Waals surface area contributed by atoms with Crippen molar-refractivity contribution in [3.05, 3.63) is 58.1 Å². The van der Waals surface area contributed by atoms with Crippen LogP contribution in [-0.2, 0) is 21.4 Å². The number of hydrogen-bond donors (Lipinski definition) is 1. The molecule has 0 spiro atoms. The number of rotatable bonds is 8. The standard InChI is InChI=1S/C19H22Cl2N2O4S/c1-4-27-16-8-5-14(6-9-16)12-22-19(24)13(2)23(28(3,25)26)18-11-15(20)7-10-17(18)21/h5-11,13H,4,12H2,1-3H3,(H,22,24)/t13-/m0/s1. The smallest absolute Gasteiger partial charge is 0.243 e. The van der Waals surface area contributed by atoms with Crippen LogP contribution in [0.3, 0.4) is 0 Å². The highest BCUT2D eigenvalue weighted by molar-refractivity contribution is 7.92. The van der Waals surface area contributed by atoms with Crippen molar-refractivity contribution in [2.45, 2.75) is 26.4 Å². The molecule has 0 heterocycles. The lowest BCUT2D eigenvalue weighted by atomic mass is 10.2. The van der Waals surface area contributed by atoms with Gasteiger partial charge in [0, 0.05) is 11.6 Å². The number of amides is 1. The van der Waals surface area contributed by atoms with Crippen molar-refractivity contribution >= 4 is 44.8 Å². The summed E-state index contributed by atoms with van der Waals surface area (Å²) in [5.41, 5.74) is 1.01. The molecule has 0 bridgehead atoms. The van der Waals surface area contributed by atoms with Crippen LogP contribution in [0.4, 0.5) is 5.69 Å². The first-order valence-corrected chi connectivity index (χ1v) is 11.2. The summed E-state index contributed by atoms with van der Waals surface area (Å²) in [4.78, 5) is 12.6. The lowest BCUT2D eigenvalue weighted by Gasteiger charge is -2.29. The zero-order valence-corrected chi connectivity index (χ0v) is 18.1. The summed E-state index contributed by atoms with van der Waals surface area (Å²) in [6.45, 7) is 4.21. The number of hydrogen-bond acceptors (Lipinski definition) is 4. The first kappa shape index (κ1) is 22.3. The Balaban J connectivity index is 2.16. The van der Waals surface area contributed by atoms with Gasteiger partial charge in [-0.05, 0) is 49.7 Å². The molecule has 152 valence electrons. The Hall–Kier alpha value is -1.96. The Kier molecular flexibility index (Phi) is 7.57. The summed E-state index contributed by atoms with van der Waals surface area (Å²) in [5.74, 6) is 0.278. The van der Waals surface area contributed by atoms with Gasteiger partial charge in [-0.1, -0.05) is 35.3 Å². The molecule has 9 heteroatoms. The topological polar surface area (TPSA) is 75.7 Å². The molecule has 2 aromatic carbocycles. The third-order valence-corrected chi connectivity index (χ3v) is 5.72. The first-order valence-electron chi connectivity index (χ1n) is 8.57. The molecule has 0 unspecified atom stereocenters. The van der Waals surface area contributed by atoms with Crippen LogP contribution >= 0.6 is 23.2 Å². The van der Waals surface area contributed by atoms with Crippen LogP contribution in [0.25, 0.3) is 0 Å². The maximum Gasteiger partial charge on any atom is 0.243 e. The van der Waals surface area contributed by atoms with Gasteiger partial charge in [0.15, 0.2) is 0 Å². The summed E-state index contributed by atoms with van der Waals surface area (Å²) in [7, 11) is -3.78. The fourth-order valence-electron chi connectivity index (χ4n) is 2.64. The zero-order valence-electron chi connectivity index (χ0n) is 15.8. The van der Waals surface area contributed by atoms with Gasteiger partial charge in [-0.15, -0.1) is 0 Å². The van der Waals surface area contributed by atoms with Gasteiger partial charge in [-0.2, -0.15) is 0 Å². The predicted octanol–water partition coefficient (Wildman–Crippen LogP) is 3.86. The number of sulfonamides is 1. The van der Waals surface area contributed by atoms with Crippen LogP contribution in [0.1, 0.15) is 19.4 Å². The van der Waals surface area contributed by atoms with E-state index in [1.807, 2.05) is 31.2 Å². The van der Waals surface area contributed by atoms with Crippen molar-refractivity contribution in [1.29, 1.82) is 0 Å². The van der Waals surface area contributed by atoms with Gasteiger partial charge in [0.05, 0.1) is 23.6 Å². The van der Waals surface area contributed by atoms with E-state index in [9.17, 15) is 13.2 Å². The van der Waals surface area contributed by atoms with Crippen LogP contribution in [-0.4, -0.2) is 33.2 Å². The van der Waals surface area contributed by atoms with Crippen LogP contribution in [0.15, 0.2) is 42.5 Å². The maximum absolute atomic E-state index is 12.6. The number of nitrogens with one attached hydrogen (secondary N) is 1. The van der Waals surface area contributed by atoms with Gasteiger partial charge >= 0.3 is 0 Å². The number of carbonyl (C=O) groups is 1. The third-order valence-electron chi connectivity index (χ3n) is 3.94. The molecule has 6 nitrogen and oxygen atoms in total. The monoisotopic (exact) mass is 444 g/mol. The number of anilines is 1. The molecular formula is C19H22Cl2N2O4S. The molecule has 0 saturated heterocycles. The molecule has 2 aromatic rings. The Morgan fingerprint density at radius 1 is 1.18 bits per heavy atom. The Morgan fingerprint density at radius 2 is 1.82 bits per heavy atom. The van der Waals surface area contributed by atoms with Gasteiger partial charge in [0.25, 0.3) is 0 Å². The molecular weight excluding hydrogens is 423 g/mol. The Labute approximate surface area is 175 Å². The minimum absolute atomic E-state index is 0.153. The number of benzene rings is 2. The molecule has 28 heavy (non-hydrogen) atoms. The maximum atomic E-state index is 12.6. The van der Waals surface area contributed by atoms with Gasteiger partial charge in [-0.25, -0.2) is 8.42 Å². The summed E-state index contributed by atoms with van der Waals surface area (Å²) in [5, 5.41) is 3.24. The summed E-state index contributed by atoms with van der Waals surface area (Å²) in [6, 6.07) is 10.7. The van der Waals surface area contributed by atoms with Crippen molar-refractivity contribution in [3.63, 3.8) is 0 Å². The normalized spacial score (nSPS) is 12.3. The van der Waals surface area contributed by atoms with Gasteiger partial charge in [0.2, 0.25) is 15.9 Å². The average Bonchev–Trinajstić information content (AvgIpc) is 2.63.